The summed E-state index contributed by atoms with van der Waals surface area (Å²) in [6.07, 6.45) is 0.202. The predicted molar refractivity (Wildman–Crippen MR) is 72.6 cm³/mol. The minimum atomic E-state index is -0.514. The Kier molecular flexibility index (Phi) is 7.95. The van der Waals surface area contributed by atoms with Gasteiger partial charge in [-0.3, -0.25) is 0 Å². The van der Waals surface area contributed by atoms with Crippen LogP contribution in [-0.2, 0) is 4.74 Å². The standard InChI is InChI=1S/C13H28N2O3/c1-10(2)8-14-7-6-11(9-16)15-12(17)18-13(3,4)5/h10-11,14,16H,6-9H2,1-5H3,(H,15,17)/t11-/m0/s1. The highest BCUT2D eigenvalue weighted by atomic mass is 16.6. The second-order valence-corrected chi connectivity index (χ2v) is 5.91. The monoisotopic (exact) mass is 260 g/mol. The average molecular weight is 260 g/mol. The molecule has 0 saturated carbocycles. The summed E-state index contributed by atoms with van der Waals surface area (Å²) >= 11 is 0. The van der Waals surface area contributed by atoms with Gasteiger partial charge in [0.25, 0.3) is 0 Å². The Hall–Kier alpha value is -0.810. The summed E-state index contributed by atoms with van der Waals surface area (Å²) in [7, 11) is 0. The molecule has 1 atom stereocenters. The number of carbonyl (C=O) groups excluding carboxylic acids is 1. The maximum absolute atomic E-state index is 11.5. The molecule has 0 saturated heterocycles. The second-order valence-electron chi connectivity index (χ2n) is 5.91. The number of nitrogens with one attached hydrogen (secondary N) is 2. The number of aliphatic hydroxyl groups excluding tert-OH is 1. The van der Waals surface area contributed by atoms with Crippen LogP contribution in [-0.4, -0.2) is 42.5 Å². The molecule has 0 aromatic heterocycles. The van der Waals surface area contributed by atoms with E-state index in [2.05, 4.69) is 24.5 Å². The summed E-state index contributed by atoms with van der Waals surface area (Å²) in [6, 6.07) is -0.264. The van der Waals surface area contributed by atoms with Crippen LogP contribution >= 0.6 is 0 Å². The van der Waals surface area contributed by atoms with Crippen molar-refractivity contribution < 1.29 is 14.6 Å². The molecule has 0 radical (unpaired) electrons. The third-order valence-electron chi connectivity index (χ3n) is 2.16. The average Bonchev–Trinajstić information content (AvgIpc) is 2.19. The molecular weight excluding hydrogens is 232 g/mol. The van der Waals surface area contributed by atoms with Crippen LogP contribution in [0.15, 0.2) is 0 Å². The van der Waals surface area contributed by atoms with Crippen LogP contribution < -0.4 is 10.6 Å². The van der Waals surface area contributed by atoms with E-state index in [4.69, 9.17) is 4.74 Å². The smallest absolute Gasteiger partial charge is 0.407 e. The third-order valence-corrected chi connectivity index (χ3v) is 2.16. The summed E-state index contributed by atoms with van der Waals surface area (Å²) in [5.41, 5.74) is -0.514. The van der Waals surface area contributed by atoms with Crippen molar-refractivity contribution in [2.75, 3.05) is 19.7 Å². The molecule has 0 fully saturated rings. The van der Waals surface area contributed by atoms with E-state index in [-0.39, 0.29) is 12.6 Å². The van der Waals surface area contributed by atoms with Gasteiger partial charge in [0.15, 0.2) is 0 Å². The lowest BCUT2D eigenvalue weighted by molar-refractivity contribution is 0.0479. The molecule has 18 heavy (non-hydrogen) atoms. The first-order chi connectivity index (χ1) is 8.24. The number of hydrogen-bond acceptors (Lipinski definition) is 4. The molecule has 0 spiro atoms. The summed E-state index contributed by atoms with van der Waals surface area (Å²) < 4.78 is 5.13. The van der Waals surface area contributed by atoms with Crippen molar-refractivity contribution >= 4 is 6.09 Å². The first-order valence-electron chi connectivity index (χ1n) is 6.55. The first kappa shape index (κ1) is 17.2. The molecule has 0 bridgehead atoms. The fourth-order valence-corrected chi connectivity index (χ4v) is 1.35. The predicted octanol–water partition coefficient (Wildman–Crippen LogP) is 1.51. The molecule has 0 aromatic rings. The SMILES string of the molecule is CC(C)CNCC[C@@H](CO)NC(=O)OC(C)(C)C. The molecule has 0 heterocycles. The van der Waals surface area contributed by atoms with Crippen molar-refractivity contribution in [3.8, 4) is 0 Å². The molecule has 0 aliphatic rings. The highest BCUT2D eigenvalue weighted by Crippen LogP contribution is 2.07. The van der Waals surface area contributed by atoms with Gasteiger partial charge in [-0.15, -0.1) is 0 Å². The van der Waals surface area contributed by atoms with Crippen LogP contribution in [0.5, 0.6) is 0 Å². The summed E-state index contributed by atoms with van der Waals surface area (Å²) in [5.74, 6) is 0.594. The van der Waals surface area contributed by atoms with Crippen LogP contribution in [0.4, 0.5) is 4.79 Å². The molecule has 1 amide bonds. The van der Waals surface area contributed by atoms with E-state index in [1.807, 2.05) is 20.8 Å². The van der Waals surface area contributed by atoms with Crippen molar-refractivity contribution in [3.63, 3.8) is 0 Å². The Morgan fingerprint density at radius 1 is 1.33 bits per heavy atom. The van der Waals surface area contributed by atoms with Gasteiger partial charge in [-0.25, -0.2) is 4.79 Å². The van der Waals surface area contributed by atoms with E-state index in [1.54, 1.807) is 0 Å². The van der Waals surface area contributed by atoms with Gasteiger partial charge >= 0.3 is 6.09 Å². The maximum Gasteiger partial charge on any atom is 0.407 e. The van der Waals surface area contributed by atoms with E-state index >= 15 is 0 Å². The Morgan fingerprint density at radius 2 is 1.94 bits per heavy atom. The molecular formula is C13H28N2O3. The quantitative estimate of drug-likeness (QED) is 0.607. The number of aliphatic hydroxyl groups is 1. The van der Waals surface area contributed by atoms with Gasteiger partial charge in [0, 0.05) is 0 Å². The lowest BCUT2D eigenvalue weighted by Crippen LogP contribution is -2.42. The molecule has 5 heteroatoms. The van der Waals surface area contributed by atoms with Gasteiger partial charge in [-0.05, 0) is 46.2 Å². The first-order valence-corrected chi connectivity index (χ1v) is 6.55. The van der Waals surface area contributed by atoms with Crippen LogP contribution in [0.25, 0.3) is 0 Å². The Morgan fingerprint density at radius 3 is 2.39 bits per heavy atom. The van der Waals surface area contributed by atoms with Crippen molar-refractivity contribution in [2.45, 2.75) is 52.7 Å². The van der Waals surface area contributed by atoms with E-state index in [0.717, 1.165) is 13.1 Å². The van der Waals surface area contributed by atoms with Crippen molar-refractivity contribution in [1.29, 1.82) is 0 Å². The van der Waals surface area contributed by atoms with Crippen LogP contribution in [0.1, 0.15) is 41.0 Å². The number of carbonyl (C=O) groups is 1. The molecule has 0 unspecified atom stereocenters. The van der Waals surface area contributed by atoms with E-state index in [0.29, 0.717) is 12.3 Å². The second kappa shape index (κ2) is 8.32. The lowest BCUT2D eigenvalue weighted by atomic mass is 10.2. The van der Waals surface area contributed by atoms with Crippen LogP contribution in [0.3, 0.4) is 0 Å². The van der Waals surface area contributed by atoms with E-state index in [1.165, 1.54) is 0 Å². The topological polar surface area (TPSA) is 70.6 Å². The lowest BCUT2D eigenvalue weighted by Gasteiger charge is -2.23. The minimum Gasteiger partial charge on any atom is -0.444 e. The highest BCUT2D eigenvalue weighted by Gasteiger charge is 2.18. The van der Waals surface area contributed by atoms with Gasteiger partial charge in [-0.1, -0.05) is 13.8 Å². The van der Waals surface area contributed by atoms with Crippen molar-refractivity contribution in [3.05, 3.63) is 0 Å². The van der Waals surface area contributed by atoms with Gasteiger partial charge in [0.2, 0.25) is 0 Å². The van der Waals surface area contributed by atoms with Crippen LogP contribution in [0.2, 0.25) is 0 Å². The van der Waals surface area contributed by atoms with Gasteiger partial charge in [-0.2, -0.15) is 0 Å². The summed E-state index contributed by atoms with van der Waals surface area (Å²) in [5, 5.41) is 15.1. The largest absolute Gasteiger partial charge is 0.444 e. The number of hydrogen-bond donors (Lipinski definition) is 3. The zero-order valence-electron chi connectivity index (χ0n) is 12.2. The zero-order chi connectivity index (χ0) is 14.2. The zero-order valence-corrected chi connectivity index (χ0v) is 12.2. The highest BCUT2D eigenvalue weighted by molar-refractivity contribution is 5.68. The summed E-state index contributed by atoms with van der Waals surface area (Å²) in [6.45, 7) is 11.3. The molecule has 0 aromatic carbocycles. The van der Waals surface area contributed by atoms with Crippen molar-refractivity contribution in [2.24, 2.45) is 5.92 Å². The number of alkyl carbamates (subject to hydrolysis) is 1. The Labute approximate surface area is 110 Å². The molecule has 3 N–H and O–H groups in total. The fraction of sp³-hybridized carbons (Fsp3) is 0.923. The van der Waals surface area contributed by atoms with E-state index in [9.17, 15) is 9.90 Å². The molecule has 5 nitrogen and oxygen atoms in total. The maximum atomic E-state index is 11.5. The van der Waals surface area contributed by atoms with E-state index < -0.39 is 11.7 Å². The number of amides is 1. The van der Waals surface area contributed by atoms with Crippen molar-refractivity contribution in [1.82, 2.24) is 10.6 Å². The molecule has 0 rings (SSSR count). The summed E-state index contributed by atoms with van der Waals surface area (Å²) in [4.78, 5) is 11.5. The minimum absolute atomic E-state index is 0.0808. The van der Waals surface area contributed by atoms with Gasteiger partial charge in [0.1, 0.15) is 5.60 Å². The third kappa shape index (κ3) is 10.4. The van der Waals surface area contributed by atoms with Crippen LogP contribution in [0, 0.1) is 5.92 Å². The number of rotatable bonds is 7. The molecule has 108 valence electrons. The molecule has 0 aliphatic heterocycles. The normalized spacial score (nSPS) is 13.5. The fourth-order valence-electron chi connectivity index (χ4n) is 1.35. The molecule has 0 aliphatic carbocycles. The van der Waals surface area contributed by atoms with Gasteiger partial charge in [0.05, 0.1) is 12.6 Å². The Bertz CT molecular complexity index is 237. The number of ether oxygens (including phenoxy) is 1. The Balaban J connectivity index is 3.86. The van der Waals surface area contributed by atoms with Gasteiger partial charge < -0.3 is 20.5 Å².